The van der Waals surface area contributed by atoms with Gasteiger partial charge in [-0.3, -0.25) is 9.00 Å². The SMILES string of the molecule is COc1cccc(C(=O)CS(=O)c2cccc(Cl)c2)c1. The molecule has 20 heavy (non-hydrogen) atoms. The smallest absolute Gasteiger partial charge is 0.175 e. The van der Waals surface area contributed by atoms with Gasteiger partial charge in [0.25, 0.3) is 0 Å². The van der Waals surface area contributed by atoms with Gasteiger partial charge in [-0.1, -0.05) is 29.8 Å². The maximum absolute atomic E-state index is 12.1. The summed E-state index contributed by atoms with van der Waals surface area (Å²) in [6.45, 7) is 0. The molecule has 0 radical (unpaired) electrons. The second-order valence-corrected chi connectivity index (χ2v) is 5.99. The van der Waals surface area contributed by atoms with Gasteiger partial charge in [0.2, 0.25) is 0 Å². The highest BCUT2D eigenvalue weighted by Crippen LogP contribution is 2.17. The number of halogens is 1. The molecule has 2 rings (SSSR count). The molecule has 0 saturated heterocycles. The fourth-order valence-corrected chi connectivity index (χ4v) is 3.01. The third-order valence-corrected chi connectivity index (χ3v) is 4.25. The summed E-state index contributed by atoms with van der Waals surface area (Å²) in [6.07, 6.45) is 0. The summed E-state index contributed by atoms with van der Waals surface area (Å²) in [6, 6.07) is 13.5. The molecule has 5 heteroatoms. The van der Waals surface area contributed by atoms with Crippen molar-refractivity contribution in [3.8, 4) is 5.75 Å². The summed E-state index contributed by atoms with van der Waals surface area (Å²) in [4.78, 5) is 12.6. The largest absolute Gasteiger partial charge is 0.497 e. The Labute approximate surface area is 125 Å². The quantitative estimate of drug-likeness (QED) is 0.796. The van der Waals surface area contributed by atoms with Gasteiger partial charge in [0.05, 0.1) is 23.7 Å². The summed E-state index contributed by atoms with van der Waals surface area (Å²) in [7, 11) is 0.128. The zero-order chi connectivity index (χ0) is 14.5. The van der Waals surface area contributed by atoms with E-state index in [1.54, 1.807) is 48.5 Å². The molecule has 0 bridgehead atoms. The van der Waals surface area contributed by atoms with Crippen LogP contribution in [0.25, 0.3) is 0 Å². The number of ketones is 1. The number of carbonyl (C=O) groups is 1. The van der Waals surface area contributed by atoms with Crippen LogP contribution >= 0.6 is 11.6 Å². The highest BCUT2D eigenvalue weighted by Gasteiger charge is 2.13. The molecule has 0 aliphatic rings. The van der Waals surface area contributed by atoms with Crippen molar-refractivity contribution in [1.29, 1.82) is 0 Å². The van der Waals surface area contributed by atoms with Crippen LogP contribution in [0.4, 0.5) is 0 Å². The molecule has 1 unspecified atom stereocenters. The van der Waals surface area contributed by atoms with Crippen LogP contribution in [0.1, 0.15) is 10.4 Å². The van der Waals surface area contributed by atoms with Gasteiger partial charge in [-0.25, -0.2) is 0 Å². The van der Waals surface area contributed by atoms with Crippen molar-refractivity contribution >= 4 is 28.2 Å². The normalized spacial score (nSPS) is 11.9. The minimum Gasteiger partial charge on any atom is -0.497 e. The molecular weight excluding hydrogens is 296 g/mol. The van der Waals surface area contributed by atoms with Gasteiger partial charge < -0.3 is 4.74 Å². The predicted octanol–water partition coefficient (Wildman–Crippen LogP) is 3.34. The summed E-state index contributed by atoms with van der Waals surface area (Å²) < 4.78 is 17.2. The number of ether oxygens (including phenoxy) is 1. The molecule has 0 aromatic heterocycles. The van der Waals surface area contributed by atoms with E-state index in [1.807, 2.05) is 0 Å². The third kappa shape index (κ3) is 3.68. The first-order valence-corrected chi connectivity index (χ1v) is 7.61. The highest BCUT2D eigenvalue weighted by atomic mass is 35.5. The van der Waals surface area contributed by atoms with Crippen molar-refractivity contribution in [1.82, 2.24) is 0 Å². The molecule has 104 valence electrons. The standard InChI is InChI=1S/C15H13ClO3S/c1-19-13-6-2-4-11(8-13)15(17)10-20(18)14-7-3-5-12(16)9-14/h2-9H,10H2,1H3. The fraction of sp³-hybridized carbons (Fsp3) is 0.133. The molecule has 2 aromatic carbocycles. The molecule has 3 nitrogen and oxygen atoms in total. The molecule has 0 aliphatic carbocycles. The number of hydrogen-bond acceptors (Lipinski definition) is 3. The van der Waals surface area contributed by atoms with E-state index in [2.05, 4.69) is 0 Å². The lowest BCUT2D eigenvalue weighted by molar-refractivity contribution is 0.102. The zero-order valence-electron chi connectivity index (χ0n) is 10.8. The molecule has 0 aliphatic heterocycles. The van der Waals surface area contributed by atoms with Crippen molar-refractivity contribution in [2.75, 3.05) is 12.9 Å². The molecule has 2 aromatic rings. The van der Waals surface area contributed by atoms with Gasteiger partial charge in [0.1, 0.15) is 5.75 Å². The number of benzene rings is 2. The van der Waals surface area contributed by atoms with Crippen LogP contribution in [0.3, 0.4) is 0 Å². The monoisotopic (exact) mass is 308 g/mol. The Hall–Kier alpha value is -1.65. The van der Waals surface area contributed by atoms with Crippen LogP contribution in [-0.4, -0.2) is 22.9 Å². The van der Waals surface area contributed by atoms with Gasteiger partial charge in [-0.15, -0.1) is 0 Å². The van der Waals surface area contributed by atoms with Crippen LogP contribution in [-0.2, 0) is 10.8 Å². The second kappa shape index (κ2) is 6.68. The number of hydrogen-bond donors (Lipinski definition) is 0. The minimum atomic E-state index is -1.41. The Morgan fingerprint density at radius 2 is 1.95 bits per heavy atom. The third-order valence-electron chi connectivity index (χ3n) is 2.71. The fourth-order valence-electron chi connectivity index (χ4n) is 1.69. The van der Waals surface area contributed by atoms with E-state index in [9.17, 15) is 9.00 Å². The first-order chi connectivity index (χ1) is 9.60. The van der Waals surface area contributed by atoms with Crippen molar-refractivity contribution in [3.05, 3.63) is 59.1 Å². The van der Waals surface area contributed by atoms with Gasteiger partial charge in [0, 0.05) is 15.5 Å². The van der Waals surface area contributed by atoms with Gasteiger partial charge in [-0.2, -0.15) is 0 Å². The molecule has 0 heterocycles. The molecule has 0 saturated carbocycles. The molecule has 1 atom stereocenters. The lowest BCUT2D eigenvalue weighted by Gasteiger charge is -2.05. The van der Waals surface area contributed by atoms with Crippen LogP contribution in [0.5, 0.6) is 5.75 Å². The maximum Gasteiger partial charge on any atom is 0.175 e. The molecule has 0 spiro atoms. The Morgan fingerprint density at radius 1 is 1.20 bits per heavy atom. The van der Waals surface area contributed by atoms with Crippen LogP contribution in [0.15, 0.2) is 53.4 Å². The first-order valence-electron chi connectivity index (χ1n) is 5.91. The molecule has 0 amide bonds. The Morgan fingerprint density at radius 3 is 2.65 bits per heavy atom. The average Bonchev–Trinajstić information content (AvgIpc) is 2.47. The van der Waals surface area contributed by atoms with Crippen molar-refractivity contribution in [2.24, 2.45) is 0 Å². The minimum absolute atomic E-state index is 0.0759. The number of rotatable bonds is 5. The molecule has 0 fully saturated rings. The first kappa shape index (κ1) is 14.8. The summed E-state index contributed by atoms with van der Waals surface area (Å²) in [5.41, 5.74) is 0.486. The van der Waals surface area contributed by atoms with Gasteiger partial charge in [-0.05, 0) is 30.3 Å². The number of carbonyl (C=O) groups excluding carboxylic acids is 1. The van der Waals surface area contributed by atoms with Crippen LogP contribution in [0, 0.1) is 0 Å². The summed E-state index contributed by atoms with van der Waals surface area (Å²) in [5.74, 6) is 0.333. The van der Waals surface area contributed by atoms with E-state index in [0.717, 1.165) is 0 Å². The summed E-state index contributed by atoms with van der Waals surface area (Å²) >= 11 is 5.85. The Bertz CT molecular complexity index is 655. The predicted molar refractivity (Wildman–Crippen MR) is 80.1 cm³/mol. The lowest BCUT2D eigenvalue weighted by atomic mass is 10.1. The van der Waals surface area contributed by atoms with E-state index >= 15 is 0 Å². The van der Waals surface area contributed by atoms with E-state index in [0.29, 0.717) is 21.2 Å². The topological polar surface area (TPSA) is 43.4 Å². The number of methoxy groups -OCH3 is 1. The zero-order valence-corrected chi connectivity index (χ0v) is 12.4. The van der Waals surface area contributed by atoms with Crippen LogP contribution < -0.4 is 4.74 Å². The average molecular weight is 309 g/mol. The second-order valence-electron chi connectivity index (χ2n) is 4.10. The summed E-state index contributed by atoms with van der Waals surface area (Å²) in [5, 5.41) is 0.504. The molecule has 0 N–H and O–H groups in total. The Balaban J connectivity index is 2.13. The van der Waals surface area contributed by atoms with E-state index in [1.165, 1.54) is 7.11 Å². The van der Waals surface area contributed by atoms with Gasteiger partial charge >= 0.3 is 0 Å². The Kier molecular flexibility index (Phi) is 4.93. The van der Waals surface area contributed by atoms with E-state index in [-0.39, 0.29) is 11.5 Å². The molecular formula is C15H13ClO3S. The van der Waals surface area contributed by atoms with E-state index in [4.69, 9.17) is 16.3 Å². The highest BCUT2D eigenvalue weighted by molar-refractivity contribution is 7.85. The maximum atomic E-state index is 12.1. The lowest BCUT2D eigenvalue weighted by Crippen LogP contribution is -2.11. The van der Waals surface area contributed by atoms with Crippen molar-refractivity contribution in [3.63, 3.8) is 0 Å². The van der Waals surface area contributed by atoms with E-state index < -0.39 is 10.8 Å². The van der Waals surface area contributed by atoms with Gasteiger partial charge in [0.15, 0.2) is 5.78 Å². The van der Waals surface area contributed by atoms with Crippen molar-refractivity contribution < 1.29 is 13.7 Å². The number of Topliss-reactive ketones (excluding diaryl/α,β-unsaturated/α-hetero) is 1. The van der Waals surface area contributed by atoms with Crippen molar-refractivity contribution in [2.45, 2.75) is 4.90 Å². The van der Waals surface area contributed by atoms with Crippen LogP contribution in [0.2, 0.25) is 5.02 Å².